The quantitative estimate of drug-likeness (QED) is 0.516. The van der Waals surface area contributed by atoms with Crippen molar-refractivity contribution in [2.24, 2.45) is 7.05 Å². The number of para-hydroxylation sites is 1. The van der Waals surface area contributed by atoms with E-state index in [1.54, 1.807) is 0 Å². The van der Waals surface area contributed by atoms with Gasteiger partial charge in [-0.25, -0.2) is 4.79 Å². The van der Waals surface area contributed by atoms with E-state index in [4.69, 9.17) is 4.74 Å². The van der Waals surface area contributed by atoms with Crippen LogP contribution in [-0.4, -0.2) is 17.1 Å². The molecule has 1 heterocycles. The zero-order chi connectivity index (χ0) is 18.3. The second-order valence-corrected chi connectivity index (χ2v) is 6.81. The van der Waals surface area contributed by atoms with Gasteiger partial charge in [0.1, 0.15) is 0 Å². The first-order valence-corrected chi connectivity index (χ1v) is 9.13. The van der Waals surface area contributed by atoms with Crippen molar-refractivity contribution >= 4 is 16.9 Å². The topological polar surface area (TPSA) is 31.2 Å². The highest BCUT2D eigenvalue weighted by atomic mass is 16.5. The van der Waals surface area contributed by atoms with Gasteiger partial charge >= 0.3 is 5.97 Å². The Balaban J connectivity index is 2.01. The average molecular weight is 345 g/mol. The van der Waals surface area contributed by atoms with Gasteiger partial charge in [-0.1, -0.05) is 49.0 Å². The molecule has 1 atom stereocenters. The van der Waals surface area contributed by atoms with Crippen molar-refractivity contribution in [2.75, 3.05) is 6.61 Å². The molecule has 0 fully saturated rings. The number of ether oxygens (including phenoxy) is 1. The van der Waals surface area contributed by atoms with Gasteiger partial charge < -0.3 is 9.30 Å². The van der Waals surface area contributed by atoms with E-state index in [9.17, 15) is 4.79 Å². The van der Waals surface area contributed by atoms with Crippen LogP contribution in [0, 0.1) is 0 Å². The summed E-state index contributed by atoms with van der Waals surface area (Å²) in [6, 6.07) is 16.8. The van der Waals surface area contributed by atoms with Gasteiger partial charge in [-0.05, 0) is 42.5 Å². The highest BCUT2D eigenvalue weighted by Crippen LogP contribution is 2.43. The monoisotopic (exact) mass is 345 g/mol. The van der Waals surface area contributed by atoms with Crippen LogP contribution in [-0.2, 0) is 29.4 Å². The minimum absolute atomic E-state index is 0.172. The maximum Gasteiger partial charge on any atom is 0.334 e. The van der Waals surface area contributed by atoms with Crippen molar-refractivity contribution in [3.63, 3.8) is 0 Å². The van der Waals surface area contributed by atoms with Crippen LogP contribution in [0.2, 0.25) is 0 Å². The van der Waals surface area contributed by atoms with Crippen LogP contribution in [0.1, 0.15) is 35.2 Å². The molecule has 1 aliphatic rings. The number of aryl methyl sites for hydroxylation is 2. The van der Waals surface area contributed by atoms with Gasteiger partial charge in [0.2, 0.25) is 0 Å². The highest BCUT2D eigenvalue weighted by Gasteiger charge is 2.33. The van der Waals surface area contributed by atoms with Gasteiger partial charge in [0.25, 0.3) is 0 Å². The third-order valence-electron chi connectivity index (χ3n) is 5.44. The van der Waals surface area contributed by atoms with Crippen LogP contribution in [0.25, 0.3) is 10.9 Å². The number of benzene rings is 2. The molecule has 0 radical (unpaired) electrons. The van der Waals surface area contributed by atoms with Gasteiger partial charge in [-0.15, -0.1) is 0 Å². The van der Waals surface area contributed by atoms with Crippen molar-refractivity contribution in [1.82, 2.24) is 4.57 Å². The molecule has 2 aromatic carbocycles. The first kappa shape index (κ1) is 16.6. The van der Waals surface area contributed by atoms with E-state index < -0.39 is 0 Å². The van der Waals surface area contributed by atoms with Crippen molar-refractivity contribution < 1.29 is 9.53 Å². The lowest BCUT2D eigenvalue weighted by Crippen LogP contribution is -2.16. The number of carbonyl (C=O) groups excluding carboxylic acids is 1. The number of hydrogen-bond donors (Lipinski definition) is 0. The Morgan fingerprint density at radius 1 is 1.15 bits per heavy atom. The number of carbonyl (C=O) groups is 1. The third-order valence-corrected chi connectivity index (χ3v) is 5.44. The Bertz CT molecular complexity index is 1010. The molecule has 3 nitrogen and oxygen atoms in total. The van der Waals surface area contributed by atoms with Crippen molar-refractivity contribution in [3.05, 3.63) is 83.1 Å². The van der Waals surface area contributed by atoms with Gasteiger partial charge in [0.15, 0.2) is 0 Å². The van der Waals surface area contributed by atoms with Crippen molar-refractivity contribution in [3.8, 4) is 0 Å². The Hall–Kier alpha value is -2.81. The summed E-state index contributed by atoms with van der Waals surface area (Å²) in [5, 5.41) is 1.19. The fourth-order valence-electron chi connectivity index (χ4n) is 4.26. The Kier molecular flexibility index (Phi) is 4.15. The Morgan fingerprint density at radius 3 is 2.69 bits per heavy atom. The number of esters is 1. The summed E-state index contributed by atoms with van der Waals surface area (Å²) < 4.78 is 7.57. The Morgan fingerprint density at radius 2 is 1.88 bits per heavy atom. The van der Waals surface area contributed by atoms with Crippen LogP contribution in [0.3, 0.4) is 0 Å². The number of fused-ring (bicyclic) bond motifs is 4. The molecule has 3 aromatic rings. The van der Waals surface area contributed by atoms with Gasteiger partial charge in [-0.2, -0.15) is 0 Å². The summed E-state index contributed by atoms with van der Waals surface area (Å²) in [5.74, 6) is -0.484. The second kappa shape index (κ2) is 6.49. The van der Waals surface area contributed by atoms with Gasteiger partial charge in [-0.3, -0.25) is 0 Å². The third kappa shape index (κ3) is 2.47. The molecule has 132 valence electrons. The van der Waals surface area contributed by atoms with Crippen molar-refractivity contribution in [1.29, 1.82) is 0 Å². The predicted octanol–water partition coefficient (Wildman–Crippen LogP) is 4.53. The number of rotatable bonds is 3. The lowest BCUT2D eigenvalue weighted by atomic mass is 9.83. The smallest absolute Gasteiger partial charge is 0.334 e. The summed E-state index contributed by atoms with van der Waals surface area (Å²) in [4.78, 5) is 12.6. The molecular weight excluding hydrogens is 322 g/mol. The largest absolute Gasteiger partial charge is 0.463 e. The lowest BCUT2D eigenvalue weighted by molar-refractivity contribution is -0.138. The minimum Gasteiger partial charge on any atom is -0.463 e. The molecule has 0 saturated carbocycles. The van der Waals surface area contributed by atoms with Crippen LogP contribution < -0.4 is 0 Å². The molecule has 0 amide bonds. The molecular formula is C23H23NO2. The Labute approximate surface area is 153 Å². The molecule has 1 unspecified atom stereocenters. The van der Waals surface area contributed by atoms with Crippen LogP contribution >= 0.6 is 0 Å². The fraction of sp³-hybridized carbons (Fsp3) is 0.261. The molecule has 1 aromatic heterocycles. The van der Waals surface area contributed by atoms with E-state index in [-0.39, 0.29) is 11.9 Å². The van der Waals surface area contributed by atoms with Gasteiger partial charge in [0, 0.05) is 35.1 Å². The number of nitrogens with zero attached hydrogens (tertiary/aromatic N) is 1. The molecule has 4 rings (SSSR count). The summed E-state index contributed by atoms with van der Waals surface area (Å²) in [5.41, 5.74) is 6.63. The molecule has 26 heavy (non-hydrogen) atoms. The van der Waals surface area contributed by atoms with Gasteiger partial charge in [0.05, 0.1) is 6.61 Å². The van der Waals surface area contributed by atoms with E-state index in [0.717, 1.165) is 12.8 Å². The molecule has 0 spiro atoms. The summed E-state index contributed by atoms with van der Waals surface area (Å²) in [6.07, 6.45) is 1.91. The summed E-state index contributed by atoms with van der Waals surface area (Å²) in [6.45, 7) is 6.35. The average Bonchev–Trinajstić information content (AvgIpc) is 2.83. The maximum absolute atomic E-state index is 12.6. The van der Waals surface area contributed by atoms with E-state index in [1.807, 2.05) is 13.0 Å². The first-order chi connectivity index (χ1) is 12.6. The molecule has 0 saturated heterocycles. The predicted molar refractivity (Wildman–Crippen MR) is 104 cm³/mol. The lowest BCUT2D eigenvalue weighted by Gasteiger charge is -2.21. The maximum atomic E-state index is 12.6. The molecule has 0 bridgehead atoms. The second-order valence-electron chi connectivity index (χ2n) is 6.81. The first-order valence-electron chi connectivity index (χ1n) is 9.13. The normalized spacial score (nSPS) is 15.8. The van der Waals surface area contributed by atoms with E-state index in [1.165, 1.54) is 33.3 Å². The highest BCUT2D eigenvalue weighted by molar-refractivity contribution is 5.94. The molecule has 0 aliphatic heterocycles. The van der Waals surface area contributed by atoms with Crippen LogP contribution in [0.4, 0.5) is 0 Å². The molecule has 0 N–H and O–H groups in total. The van der Waals surface area contributed by atoms with E-state index >= 15 is 0 Å². The van der Waals surface area contributed by atoms with Crippen LogP contribution in [0.5, 0.6) is 0 Å². The SMILES string of the molecule is C=C(C(=O)OCC)C1c2ccccc2CCc2c1c1ccccc1n2C. The minimum atomic E-state index is -0.312. The summed E-state index contributed by atoms with van der Waals surface area (Å²) >= 11 is 0. The molecule has 3 heteroatoms. The van der Waals surface area contributed by atoms with E-state index in [0.29, 0.717) is 12.2 Å². The van der Waals surface area contributed by atoms with E-state index in [2.05, 4.69) is 60.7 Å². The standard InChI is InChI=1S/C23H23NO2/c1-4-26-23(25)15(2)21-17-10-6-5-9-16(17)13-14-20-22(21)18-11-7-8-12-19(18)24(20)3/h5-12,21H,2,4,13-14H2,1,3H3. The van der Waals surface area contributed by atoms with Crippen molar-refractivity contribution in [2.45, 2.75) is 25.7 Å². The number of aromatic nitrogens is 1. The van der Waals surface area contributed by atoms with Crippen LogP contribution in [0.15, 0.2) is 60.7 Å². The molecule has 1 aliphatic carbocycles. The summed E-state index contributed by atoms with van der Waals surface area (Å²) in [7, 11) is 2.11. The fourth-order valence-corrected chi connectivity index (χ4v) is 4.26. The zero-order valence-corrected chi connectivity index (χ0v) is 15.3. The number of hydrogen-bond acceptors (Lipinski definition) is 2. The zero-order valence-electron chi connectivity index (χ0n) is 15.3.